The van der Waals surface area contributed by atoms with E-state index in [1.807, 2.05) is 71.9 Å². The molecule has 0 aliphatic carbocycles. The highest BCUT2D eigenvalue weighted by Crippen LogP contribution is 2.65. The minimum atomic E-state index is -1.04. The molecule has 1 N–H and O–H groups in total. The van der Waals surface area contributed by atoms with Crippen LogP contribution in [0.4, 0.5) is 0 Å². The highest BCUT2D eigenvalue weighted by molar-refractivity contribution is 5.27. The van der Waals surface area contributed by atoms with Gasteiger partial charge in [-0.2, -0.15) is 0 Å². The second-order valence-corrected chi connectivity index (χ2v) is 8.49. The summed E-state index contributed by atoms with van der Waals surface area (Å²) in [6.45, 7) is 11.2. The van der Waals surface area contributed by atoms with Gasteiger partial charge in [0.05, 0.1) is 6.61 Å². The third kappa shape index (κ3) is 2.08. The number of benzene rings is 1. The van der Waals surface area contributed by atoms with Crippen molar-refractivity contribution in [1.82, 2.24) is 0 Å². The van der Waals surface area contributed by atoms with Crippen molar-refractivity contribution in [3.05, 3.63) is 35.9 Å². The summed E-state index contributed by atoms with van der Waals surface area (Å²) in [6, 6.07) is 9.69. The van der Waals surface area contributed by atoms with Crippen LogP contribution in [0.2, 0.25) is 0 Å². The molecule has 3 saturated heterocycles. The van der Waals surface area contributed by atoms with E-state index in [-0.39, 0.29) is 6.61 Å². The van der Waals surface area contributed by atoms with Gasteiger partial charge in [-0.3, -0.25) is 0 Å². The maximum atomic E-state index is 10.1. The molecule has 3 heterocycles. The minimum Gasteiger partial charge on any atom is -0.394 e. The van der Waals surface area contributed by atoms with Crippen molar-refractivity contribution in [3.8, 4) is 0 Å². The van der Waals surface area contributed by atoms with Crippen LogP contribution in [-0.2, 0) is 23.7 Å². The van der Waals surface area contributed by atoms with Crippen LogP contribution in [0.1, 0.15) is 53.4 Å². The molecule has 3 aliphatic heterocycles. The lowest BCUT2D eigenvalue weighted by molar-refractivity contribution is -0.386. The summed E-state index contributed by atoms with van der Waals surface area (Å²) < 4.78 is 31.6. The zero-order valence-electron chi connectivity index (χ0n) is 16.2. The Labute approximate surface area is 154 Å². The predicted octanol–water partition coefficient (Wildman–Crippen LogP) is 2.90. The van der Waals surface area contributed by atoms with Gasteiger partial charge >= 0.3 is 0 Å². The van der Waals surface area contributed by atoms with Gasteiger partial charge in [0, 0.05) is 5.56 Å². The summed E-state index contributed by atoms with van der Waals surface area (Å²) in [5, 5.41) is 10.1. The molecule has 6 unspecified atom stereocenters. The van der Waals surface area contributed by atoms with E-state index in [4.69, 9.17) is 23.7 Å². The van der Waals surface area contributed by atoms with Crippen molar-refractivity contribution in [2.45, 2.75) is 82.3 Å². The van der Waals surface area contributed by atoms with Crippen LogP contribution < -0.4 is 0 Å². The monoisotopic (exact) mass is 364 g/mol. The zero-order chi connectivity index (χ0) is 19.0. The number of aliphatic hydroxyl groups excluding tert-OH is 1. The Kier molecular flexibility index (Phi) is 3.73. The molecule has 1 aromatic carbocycles. The van der Waals surface area contributed by atoms with Gasteiger partial charge in [-0.15, -0.1) is 0 Å². The van der Waals surface area contributed by atoms with E-state index in [1.54, 1.807) is 0 Å². The topological polar surface area (TPSA) is 66.4 Å². The second kappa shape index (κ2) is 5.28. The lowest BCUT2D eigenvalue weighted by Crippen LogP contribution is -2.70. The first-order chi connectivity index (χ1) is 12.0. The van der Waals surface area contributed by atoms with Crippen molar-refractivity contribution in [1.29, 1.82) is 0 Å². The largest absolute Gasteiger partial charge is 0.394 e. The zero-order valence-corrected chi connectivity index (χ0v) is 16.2. The molecular formula is C20H28O6. The lowest BCUT2D eigenvalue weighted by Gasteiger charge is -2.54. The summed E-state index contributed by atoms with van der Waals surface area (Å²) in [7, 11) is 0. The summed E-state index contributed by atoms with van der Waals surface area (Å²) in [4.78, 5) is 0. The first-order valence-electron chi connectivity index (χ1n) is 9.10. The lowest BCUT2D eigenvalue weighted by atomic mass is 9.70. The van der Waals surface area contributed by atoms with Gasteiger partial charge in [-0.25, -0.2) is 0 Å². The summed E-state index contributed by atoms with van der Waals surface area (Å²) in [6.07, 6.45) is -1.23. The number of hydrogen-bond donors (Lipinski definition) is 1. The van der Waals surface area contributed by atoms with Crippen molar-refractivity contribution >= 4 is 0 Å². The fourth-order valence-corrected chi connectivity index (χ4v) is 4.89. The second-order valence-electron chi connectivity index (χ2n) is 8.49. The number of fused-ring (bicyclic) bond motifs is 3. The van der Waals surface area contributed by atoms with Gasteiger partial charge < -0.3 is 28.8 Å². The number of aliphatic hydroxyl groups is 1. The molecule has 144 valence electrons. The third-order valence-corrected chi connectivity index (χ3v) is 6.50. The molecule has 0 saturated carbocycles. The van der Waals surface area contributed by atoms with E-state index in [0.29, 0.717) is 0 Å². The molecule has 0 amide bonds. The van der Waals surface area contributed by atoms with Crippen molar-refractivity contribution in [2.75, 3.05) is 6.61 Å². The minimum absolute atomic E-state index is 0.200. The van der Waals surface area contributed by atoms with Crippen LogP contribution in [0.3, 0.4) is 0 Å². The number of rotatable bonds is 2. The van der Waals surface area contributed by atoms with Crippen LogP contribution in [0.15, 0.2) is 30.3 Å². The third-order valence-electron chi connectivity index (χ3n) is 6.50. The van der Waals surface area contributed by atoms with Gasteiger partial charge in [0.1, 0.15) is 17.3 Å². The van der Waals surface area contributed by atoms with Crippen LogP contribution in [0, 0.1) is 0 Å². The Morgan fingerprint density at radius 1 is 0.885 bits per heavy atom. The average molecular weight is 364 g/mol. The standard InChI is InChI=1S/C20H28O6/c1-16(2)24-19(5)18(4)17(3,26-20(19,6)25-16)14(12-21)22-15(23-18)13-10-8-7-9-11-13/h7-11,14-15,21H,12H2,1-6H3. The maximum Gasteiger partial charge on any atom is 0.201 e. The molecule has 26 heavy (non-hydrogen) atoms. The van der Waals surface area contributed by atoms with Gasteiger partial charge in [-0.1, -0.05) is 30.3 Å². The Morgan fingerprint density at radius 2 is 1.54 bits per heavy atom. The fraction of sp³-hybridized carbons (Fsp3) is 0.700. The van der Waals surface area contributed by atoms with E-state index in [9.17, 15) is 5.11 Å². The normalized spacial score (nSPS) is 49.7. The highest BCUT2D eigenvalue weighted by atomic mass is 16.9. The van der Waals surface area contributed by atoms with Crippen molar-refractivity contribution < 1.29 is 28.8 Å². The molecule has 0 radical (unpaired) electrons. The molecule has 6 nitrogen and oxygen atoms in total. The Hall–Kier alpha value is -1.02. The Bertz CT molecular complexity index is 708. The van der Waals surface area contributed by atoms with E-state index in [2.05, 4.69) is 0 Å². The van der Waals surface area contributed by atoms with Crippen molar-refractivity contribution in [3.63, 3.8) is 0 Å². The molecule has 0 spiro atoms. The molecule has 1 aromatic rings. The Balaban J connectivity index is 1.82. The number of hydrogen-bond acceptors (Lipinski definition) is 6. The van der Waals surface area contributed by atoms with Gasteiger partial charge in [0.2, 0.25) is 5.79 Å². The maximum absolute atomic E-state index is 10.1. The van der Waals surface area contributed by atoms with Crippen LogP contribution in [-0.4, -0.2) is 46.2 Å². The summed E-state index contributed by atoms with van der Waals surface area (Å²) in [5.74, 6) is -1.85. The van der Waals surface area contributed by atoms with Gasteiger partial charge in [0.25, 0.3) is 0 Å². The summed E-state index contributed by atoms with van der Waals surface area (Å²) in [5.41, 5.74) is -1.89. The quantitative estimate of drug-likeness (QED) is 0.870. The van der Waals surface area contributed by atoms with E-state index < -0.39 is 40.8 Å². The molecule has 6 heteroatoms. The molecule has 3 fully saturated rings. The molecule has 4 rings (SSSR count). The first kappa shape index (κ1) is 18.3. The Morgan fingerprint density at radius 3 is 2.15 bits per heavy atom. The SMILES string of the molecule is CC1(C)OC2(C)OC3(C)C(CO)OC(c4ccccc4)OC3(C)C2(C)O1. The molecule has 0 bridgehead atoms. The average Bonchev–Trinajstić information content (AvgIpc) is 2.82. The van der Waals surface area contributed by atoms with Crippen LogP contribution in [0.25, 0.3) is 0 Å². The van der Waals surface area contributed by atoms with Crippen molar-refractivity contribution in [2.24, 2.45) is 0 Å². The van der Waals surface area contributed by atoms with Gasteiger partial charge in [0.15, 0.2) is 17.7 Å². The molecule has 6 atom stereocenters. The molecule has 3 aliphatic rings. The smallest absolute Gasteiger partial charge is 0.201 e. The fourth-order valence-electron chi connectivity index (χ4n) is 4.89. The van der Waals surface area contributed by atoms with E-state index >= 15 is 0 Å². The predicted molar refractivity (Wildman–Crippen MR) is 93.2 cm³/mol. The van der Waals surface area contributed by atoms with E-state index in [1.165, 1.54) is 0 Å². The van der Waals surface area contributed by atoms with E-state index in [0.717, 1.165) is 5.56 Å². The van der Waals surface area contributed by atoms with Crippen LogP contribution in [0.5, 0.6) is 0 Å². The van der Waals surface area contributed by atoms with Gasteiger partial charge in [-0.05, 0) is 41.5 Å². The molecule has 0 aromatic heterocycles. The first-order valence-corrected chi connectivity index (χ1v) is 9.10. The van der Waals surface area contributed by atoms with Crippen LogP contribution >= 0.6 is 0 Å². The number of ether oxygens (including phenoxy) is 5. The molecular weight excluding hydrogens is 336 g/mol. The highest BCUT2D eigenvalue weighted by Gasteiger charge is 2.83. The summed E-state index contributed by atoms with van der Waals surface area (Å²) >= 11 is 0.